The van der Waals surface area contributed by atoms with Gasteiger partial charge in [-0.1, -0.05) is 24.3 Å². The van der Waals surface area contributed by atoms with Gasteiger partial charge < -0.3 is 0 Å². The molecule has 2 aliphatic carbocycles. The second kappa shape index (κ2) is 12.6. The molecular formula is C34H12F6N6O4S2. The highest BCUT2D eigenvalue weighted by Crippen LogP contribution is 2.41. The first-order valence-electron chi connectivity index (χ1n) is 13.9. The van der Waals surface area contributed by atoms with Gasteiger partial charge in [0.2, 0.25) is 0 Å². The van der Waals surface area contributed by atoms with E-state index in [4.69, 9.17) is 19.7 Å². The first kappa shape index (κ1) is 36.6. The predicted octanol–water partition coefficient (Wildman–Crippen LogP) is 5.82. The molecule has 0 saturated heterocycles. The van der Waals surface area contributed by atoms with Crippen molar-refractivity contribution in [2.24, 2.45) is 0 Å². The van der Waals surface area contributed by atoms with Crippen molar-refractivity contribution in [3.8, 4) is 40.5 Å². The van der Waals surface area contributed by atoms with Crippen LogP contribution >= 0.6 is 0 Å². The predicted molar refractivity (Wildman–Crippen MR) is 168 cm³/mol. The third-order valence-corrected chi connectivity index (χ3v) is 11.2. The van der Waals surface area contributed by atoms with Crippen molar-refractivity contribution in [2.75, 3.05) is 0 Å². The van der Waals surface area contributed by atoms with Crippen LogP contribution in [-0.2, 0) is 32.5 Å². The SMILES string of the molecule is [C-]#[N+]C([N+]#[C-])=C1Cc2c(-c3ccc(S(=O)(=O)C(F)(F)F)cc3)c3c(c(-c4ccc(S(=O)(=O)C(F)(F)F)cc4)c2=C1[N+]#[C-])CC(=C(C#N)C#N)C=3C#N. The van der Waals surface area contributed by atoms with E-state index in [1.54, 1.807) is 12.1 Å². The van der Waals surface area contributed by atoms with Crippen molar-refractivity contribution >= 4 is 30.9 Å². The van der Waals surface area contributed by atoms with Crippen LogP contribution in [0.4, 0.5) is 26.3 Å². The van der Waals surface area contributed by atoms with Gasteiger partial charge in [-0.05, 0) is 69.3 Å². The summed E-state index contributed by atoms with van der Waals surface area (Å²) < 4.78 is 129. The first-order chi connectivity index (χ1) is 24.3. The zero-order valence-corrected chi connectivity index (χ0v) is 27.1. The maximum absolute atomic E-state index is 13.3. The molecule has 0 N–H and O–H groups in total. The molecule has 0 saturated carbocycles. The number of fused-ring (bicyclic) bond motifs is 2. The molecule has 0 unspecified atom stereocenters. The van der Waals surface area contributed by atoms with E-state index in [1.165, 1.54) is 0 Å². The normalized spacial score (nSPS) is 13.8. The van der Waals surface area contributed by atoms with E-state index in [0.29, 0.717) is 24.3 Å². The fourth-order valence-electron chi connectivity index (χ4n) is 6.04. The summed E-state index contributed by atoms with van der Waals surface area (Å²) in [7, 11) is -11.6. The standard InChI is InChI=1S/C34H12F6N6O4S2/c1-44-31-25(32(45-2)46-3)13-24-27(17-4-8-20(9-5-17)51(47,48)33(35,36)37)29-23(12-22(26(29)16-43)19(14-41)15-42)28(30(24)31)18-6-10-21(11-7-18)52(49,50)34(38,39)40/h4-11H,12-13H2. The van der Waals surface area contributed by atoms with Crippen molar-refractivity contribution in [3.63, 3.8) is 0 Å². The monoisotopic (exact) mass is 746 g/mol. The molecule has 0 spiro atoms. The van der Waals surface area contributed by atoms with E-state index in [2.05, 4.69) is 14.5 Å². The summed E-state index contributed by atoms with van der Waals surface area (Å²) in [5, 5.41) is 29.8. The molecule has 256 valence electrons. The summed E-state index contributed by atoms with van der Waals surface area (Å²) in [4.78, 5) is 7.66. The van der Waals surface area contributed by atoms with Crippen molar-refractivity contribution < 1.29 is 43.2 Å². The first-order valence-corrected chi connectivity index (χ1v) is 16.9. The molecule has 2 aliphatic rings. The number of benzene rings is 3. The molecule has 0 fully saturated rings. The zero-order chi connectivity index (χ0) is 38.6. The van der Waals surface area contributed by atoms with Crippen LogP contribution in [0.15, 0.2) is 80.9 Å². The lowest BCUT2D eigenvalue weighted by Gasteiger charge is -2.17. The molecule has 0 heterocycles. The Balaban J connectivity index is 2.05. The van der Waals surface area contributed by atoms with Gasteiger partial charge in [-0.2, -0.15) is 51.8 Å². The van der Waals surface area contributed by atoms with Crippen LogP contribution < -0.4 is 10.4 Å². The minimum absolute atomic E-state index is 0.00761. The number of halogens is 6. The molecule has 0 bridgehead atoms. The molecule has 3 aromatic carbocycles. The second-order valence-corrected chi connectivity index (χ2v) is 14.7. The third-order valence-electron chi connectivity index (χ3n) is 8.24. The third kappa shape index (κ3) is 5.44. The van der Waals surface area contributed by atoms with E-state index < -0.39 is 58.3 Å². The number of hydrogen-bond donors (Lipinski definition) is 0. The Hall–Kier alpha value is -6.70. The van der Waals surface area contributed by atoms with Crippen LogP contribution in [0.5, 0.6) is 0 Å². The molecule has 0 atom stereocenters. The molecule has 0 radical (unpaired) electrons. The number of allylic oxidation sites excluding steroid dienone is 2. The largest absolute Gasteiger partial charge is 0.512 e. The van der Waals surface area contributed by atoms with Gasteiger partial charge in [-0.15, -0.1) is 0 Å². The molecule has 18 heteroatoms. The Morgan fingerprint density at radius 3 is 1.42 bits per heavy atom. The van der Waals surface area contributed by atoms with Gasteiger partial charge in [0.05, 0.1) is 27.5 Å². The molecular weight excluding hydrogens is 735 g/mol. The summed E-state index contributed by atoms with van der Waals surface area (Å²) >= 11 is 0. The van der Waals surface area contributed by atoms with Gasteiger partial charge >= 0.3 is 16.8 Å². The molecule has 52 heavy (non-hydrogen) atoms. The van der Waals surface area contributed by atoms with Crippen LogP contribution in [0.3, 0.4) is 0 Å². The minimum Gasteiger partial charge on any atom is -0.238 e. The average molecular weight is 747 g/mol. The average Bonchev–Trinajstić information content (AvgIpc) is 3.66. The number of nitriles is 3. The Morgan fingerprint density at radius 1 is 0.654 bits per heavy atom. The van der Waals surface area contributed by atoms with Crippen LogP contribution in [0.2, 0.25) is 0 Å². The summed E-state index contributed by atoms with van der Waals surface area (Å²) in [6, 6.07) is 11.8. The van der Waals surface area contributed by atoms with Crippen molar-refractivity contribution in [3.05, 3.63) is 127 Å². The van der Waals surface area contributed by atoms with Crippen LogP contribution in [0, 0.1) is 53.7 Å². The van der Waals surface area contributed by atoms with E-state index >= 15 is 0 Å². The van der Waals surface area contributed by atoms with Crippen molar-refractivity contribution in [1.29, 1.82) is 15.8 Å². The van der Waals surface area contributed by atoms with Crippen LogP contribution in [0.1, 0.15) is 11.1 Å². The maximum Gasteiger partial charge on any atom is 0.512 e. The van der Waals surface area contributed by atoms with Gasteiger partial charge in [0.25, 0.3) is 19.7 Å². The molecule has 0 amide bonds. The molecule has 5 rings (SSSR count). The minimum atomic E-state index is -5.81. The topological polar surface area (TPSA) is 153 Å². The number of nitrogens with zero attached hydrogens (tertiary/aromatic N) is 6. The Bertz CT molecular complexity index is 2600. The molecule has 0 aromatic heterocycles. The van der Waals surface area contributed by atoms with E-state index in [1.807, 2.05) is 6.07 Å². The summed E-state index contributed by atoms with van der Waals surface area (Å²) in [5.74, 6) is -0.557. The van der Waals surface area contributed by atoms with E-state index in [0.717, 1.165) is 24.3 Å². The van der Waals surface area contributed by atoms with Gasteiger partial charge in [-0.3, -0.25) is 0 Å². The lowest BCUT2D eigenvalue weighted by Crippen LogP contribution is -2.25. The maximum atomic E-state index is 13.3. The molecule has 0 aliphatic heterocycles. The number of sulfone groups is 2. The van der Waals surface area contributed by atoms with E-state index in [-0.39, 0.29) is 72.7 Å². The van der Waals surface area contributed by atoms with Gasteiger partial charge in [0.15, 0.2) is 5.70 Å². The Morgan fingerprint density at radius 2 is 1.06 bits per heavy atom. The van der Waals surface area contributed by atoms with Crippen LogP contribution in [0.25, 0.3) is 48.1 Å². The fourth-order valence-corrected chi connectivity index (χ4v) is 7.57. The van der Waals surface area contributed by atoms with Gasteiger partial charge in [0.1, 0.15) is 36.9 Å². The lowest BCUT2D eigenvalue weighted by atomic mass is 9.87. The molecule has 10 nitrogen and oxygen atoms in total. The number of hydrogen-bond acceptors (Lipinski definition) is 7. The van der Waals surface area contributed by atoms with Gasteiger partial charge in [0, 0.05) is 17.2 Å². The second-order valence-electron chi connectivity index (χ2n) is 10.8. The van der Waals surface area contributed by atoms with Crippen LogP contribution in [-0.4, -0.2) is 27.9 Å². The van der Waals surface area contributed by atoms with E-state index in [9.17, 15) is 59.0 Å². The summed E-state index contributed by atoms with van der Waals surface area (Å²) in [6.45, 7) is 23.1. The summed E-state index contributed by atoms with van der Waals surface area (Å²) in [6.07, 6.45) is -0.775. The smallest absolute Gasteiger partial charge is 0.238 e. The molecule has 3 aromatic rings. The zero-order valence-electron chi connectivity index (χ0n) is 25.4. The number of alkyl halides is 6. The summed E-state index contributed by atoms with van der Waals surface area (Å²) in [5.41, 5.74) is -12.5. The number of rotatable bonds is 4. The fraction of sp³-hybridized carbons (Fsp3) is 0.118. The highest BCUT2D eigenvalue weighted by atomic mass is 32.2. The van der Waals surface area contributed by atoms with Gasteiger partial charge in [-0.25, -0.2) is 21.7 Å². The van der Waals surface area contributed by atoms with Crippen molar-refractivity contribution in [2.45, 2.75) is 33.6 Å². The highest BCUT2D eigenvalue weighted by Gasteiger charge is 2.48. The van der Waals surface area contributed by atoms with Crippen molar-refractivity contribution in [1.82, 2.24) is 0 Å². The quantitative estimate of drug-likeness (QED) is 0.186. The Labute approximate surface area is 290 Å². The highest BCUT2D eigenvalue weighted by molar-refractivity contribution is 7.92. The lowest BCUT2D eigenvalue weighted by molar-refractivity contribution is -0.0442. The Kier molecular flexibility index (Phi) is 8.84.